The Hall–Kier alpha value is -3.27. The molecule has 1 saturated heterocycles. The van der Waals surface area contributed by atoms with Gasteiger partial charge in [0, 0.05) is 54.4 Å². The molecule has 4 nitrogen and oxygen atoms in total. The van der Waals surface area contributed by atoms with Crippen molar-refractivity contribution >= 4 is 11.4 Å². The minimum absolute atomic E-state index is 0.535. The molecule has 164 valence electrons. The fourth-order valence-corrected chi connectivity index (χ4v) is 4.36. The maximum absolute atomic E-state index is 4.79. The first-order chi connectivity index (χ1) is 15.5. The number of hydrogen-bond donors (Lipinski definition) is 0. The van der Waals surface area contributed by atoms with Crippen LogP contribution in [0.25, 0.3) is 11.1 Å². The number of hydrogen-bond acceptors (Lipinski definition) is 4. The van der Waals surface area contributed by atoms with Crippen molar-refractivity contribution in [2.45, 2.75) is 46.0 Å². The van der Waals surface area contributed by atoms with Gasteiger partial charge in [-0.1, -0.05) is 30.8 Å². The summed E-state index contributed by atoms with van der Waals surface area (Å²) in [5, 5.41) is 0. The summed E-state index contributed by atoms with van der Waals surface area (Å²) >= 11 is 0. The first-order valence-electron chi connectivity index (χ1n) is 11.4. The third-order valence-corrected chi connectivity index (χ3v) is 6.19. The van der Waals surface area contributed by atoms with E-state index in [0.29, 0.717) is 5.92 Å². The minimum Gasteiger partial charge on any atom is -0.375 e. The molecule has 1 aliphatic rings. The SMILES string of the molecule is C=C(C)N1CCC(c2ccc(N=C(C)Cc3ccc(-c4ccnc(C)c4)cc3)cn2)CC1. The summed E-state index contributed by atoms with van der Waals surface area (Å²) in [4.78, 5) is 16.2. The number of benzene rings is 1. The van der Waals surface area contributed by atoms with E-state index in [1.54, 1.807) is 0 Å². The molecule has 1 aromatic carbocycles. The summed E-state index contributed by atoms with van der Waals surface area (Å²) < 4.78 is 0. The maximum atomic E-state index is 4.79. The summed E-state index contributed by atoms with van der Waals surface area (Å²) in [6.07, 6.45) is 6.88. The largest absolute Gasteiger partial charge is 0.375 e. The van der Waals surface area contributed by atoms with Gasteiger partial charge < -0.3 is 4.90 Å². The molecule has 0 amide bonds. The second-order valence-corrected chi connectivity index (χ2v) is 8.84. The van der Waals surface area contributed by atoms with Crippen molar-refractivity contribution in [1.82, 2.24) is 14.9 Å². The Labute approximate surface area is 191 Å². The second kappa shape index (κ2) is 9.90. The van der Waals surface area contributed by atoms with Gasteiger partial charge >= 0.3 is 0 Å². The lowest BCUT2D eigenvalue weighted by molar-refractivity contribution is 0.262. The third-order valence-electron chi connectivity index (χ3n) is 6.19. The zero-order valence-electron chi connectivity index (χ0n) is 19.4. The highest BCUT2D eigenvalue weighted by molar-refractivity contribution is 5.86. The molecule has 0 atom stereocenters. The van der Waals surface area contributed by atoms with Crippen molar-refractivity contribution in [2.24, 2.45) is 4.99 Å². The Morgan fingerprint density at radius 1 is 1.00 bits per heavy atom. The Morgan fingerprint density at radius 2 is 1.75 bits per heavy atom. The molecule has 1 fully saturated rings. The average Bonchev–Trinajstić information content (AvgIpc) is 2.80. The van der Waals surface area contributed by atoms with Crippen LogP contribution in [0.1, 0.15) is 49.6 Å². The van der Waals surface area contributed by atoms with E-state index in [-0.39, 0.29) is 0 Å². The maximum Gasteiger partial charge on any atom is 0.0812 e. The number of aliphatic imine (C=N–C) groups is 1. The van der Waals surface area contributed by atoms with Gasteiger partial charge in [-0.3, -0.25) is 15.0 Å². The second-order valence-electron chi connectivity index (χ2n) is 8.84. The molecule has 1 aliphatic heterocycles. The van der Waals surface area contributed by atoms with E-state index in [1.165, 1.54) is 28.1 Å². The van der Waals surface area contributed by atoms with Crippen molar-refractivity contribution in [1.29, 1.82) is 0 Å². The highest BCUT2D eigenvalue weighted by Crippen LogP contribution is 2.29. The molecule has 0 unspecified atom stereocenters. The quantitative estimate of drug-likeness (QED) is 0.424. The van der Waals surface area contributed by atoms with Crippen molar-refractivity contribution < 1.29 is 0 Å². The van der Waals surface area contributed by atoms with Crippen LogP contribution in [0.5, 0.6) is 0 Å². The highest BCUT2D eigenvalue weighted by Gasteiger charge is 2.21. The van der Waals surface area contributed by atoms with Crippen molar-refractivity contribution in [3.63, 3.8) is 0 Å². The van der Waals surface area contributed by atoms with E-state index in [2.05, 4.69) is 78.8 Å². The number of aryl methyl sites for hydroxylation is 1. The lowest BCUT2D eigenvalue weighted by atomic mass is 9.93. The smallest absolute Gasteiger partial charge is 0.0812 e. The third kappa shape index (κ3) is 5.50. The van der Waals surface area contributed by atoms with Crippen LogP contribution in [-0.2, 0) is 6.42 Å². The van der Waals surface area contributed by atoms with Crippen LogP contribution in [0.15, 0.2) is 78.2 Å². The summed E-state index contributed by atoms with van der Waals surface area (Å²) in [6.45, 7) is 12.4. The predicted molar refractivity (Wildman–Crippen MR) is 133 cm³/mol. The van der Waals surface area contributed by atoms with Gasteiger partial charge in [0.15, 0.2) is 0 Å². The van der Waals surface area contributed by atoms with Crippen LogP contribution in [0, 0.1) is 6.92 Å². The molecule has 4 rings (SSSR count). The van der Waals surface area contributed by atoms with Gasteiger partial charge in [0.2, 0.25) is 0 Å². The van der Waals surface area contributed by atoms with Gasteiger partial charge in [-0.05, 0) is 74.6 Å². The Bertz CT molecular complexity index is 1090. The zero-order chi connectivity index (χ0) is 22.5. The normalized spacial score (nSPS) is 15.1. The Balaban J connectivity index is 1.36. The van der Waals surface area contributed by atoms with Crippen LogP contribution in [0.4, 0.5) is 5.69 Å². The fourth-order valence-electron chi connectivity index (χ4n) is 4.36. The number of piperidine rings is 1. The van der Waals surface area contributed by atoms with Crippen LogP contribution in [-0.4, -0.2) is 33.7 Å². The zero-order valence-corrected chi connectivity index (χ0v) is 19.4. The predicted octanol–water partition coefficient (Wildman–Crippen LogP) is 6.50. The summed E-state index contributed by atoms with van der Waals surface area (Å²) in [7, 11) is 0. The molecule has 0 bridgehead atoms. The minimum atomic E-state index is 0.535. The van der Waals surface area contributed by atoms with E-state index in [9.17, 15) is 0 Å². The monoisotopic (exact) mass is 424 g/mol. The van der Waals surface area contributed by atoms with E-state index in [4.69, 9.17) is 9.98 Å². The van der Waals surface area contributed by atoms with Gasteiger partial charge in [0.25, 0.3) is 0 Å². The van der Waals surface area contributed by atoms with Gasteiger partial charge in [-0.2, -0.15) is 0 Å². The van der Waals surface area contributed by atoms with Crippen LogP contribution in [0.2, 0.25) is 0 Å². The number of rotatable bonds is 6. The average molecular weight is 425 g/mol. The molecule has 0 spiro atoms. The highest BCUT2D eigenvalue weighted by atomic mass is 15.1. The molecular weight excluding hydrogens is 392 g/mol. The lowest BCUT2D eigenvalue weighted by Gasteiger charge is -2.33. The molecule has 0 N–H and O–H groups in total. The van der Waals surface area contributed by atoms with Gasteiger partial charge in [-0.25, -0.2) is 0 Å². The molecule has 0 radical (unpaired) electrons. The molecule has 3 heterocycles. The van der Waals surface area contributed by atoms with Crippen LogP contribution >= 0.6 is 0 Å². The molecule has 0 aliphatic carbocycles. The number of likely N-dealkylation sites (tertiary alicyclic amines) is 1. The molecule has 2 aromatic heterocycles. The molecule has 32 heavy (non-hydrogen) atoms. The fraction of sp³-hybridized carbons (Fsp3) is 0.321. The summed E-state index contributed by atoms with van der Waals surface area (Å²) in [5.74, 6) is 0.535. The van der Waals surface area contributed by atoms with E-state index in [1.807, 2.05) is 19.3 Å². The van der Waals surface area contributed by atoms with Crippen molar-refractivity contribution in [3.8, 4) is 11.1 Å². The van der Waals surface area contributed by atoms with E-state index >= 15 is 0 Å². The Kier molecular flexibility index (Phi) is 6.79. The number of nitrogens with zero attached hydrogens (tertiary/aromatic N) is 4. The molecular formula is C28H32N4. The number of pyridine rings is 2. The van der Waals surface area contributed by atoms with Gasteiger partial charge in [0.05, 0.1) is 11.9 Å². The first-order valence-corrected chi connectivity index (χ1v) is 11.4. The summed E-state index contributed by atoms with van der Waals surface area (Å²) in [5.41, 5.74) is 9.06. The lowest BCUT2D eigenvalue weighted by Crippen LogP contribution is -2.31. The Morgan fingerprint density at radius 3 is 2.38 bits per heavy atom. The topological polar surface area (TPSA) is 41.4 Å². The van der Waals surface area contributed by atoms with Crippen LogP contribution < -0.4 is 0 Å². The number of aromatic nitrogens is 2. The number of allylic oxidation sites excluding steroid dienone is 1. The molecule has 4 heteroatoms. The standard InChI is InChI=1S/C28H32N4/c1-20(2)32-15-12-25(13-16-32)28-10-9-27(19-30-28)31-22(4)17-23-5-7-24(8-6-23)26-11-14-29-21(3)18-26/h5-11,14,18-19,25H,1,12-13,15-17H2,2-4H3. The summed E-state index contributed by atoms with van der Waals surface area (Å²) in [6, 6.07) is 17.1. The van der Waals surface area contributed by atoms with E-state index in [0.717, 1.165) is 49.4 Å². The molecule has 3 aromatic rings. The van der Waals surface area contributed by atoms with Crippen molar-refractivity contribution in [2.75, 3.05) is 13.1 Å². The molecule has 0 saturated carbocycles. The van der Waals surface area contributed by atoms with Crippen LogP contribution in [0.3, 0.4) is 0 Å². The first kappa shape index (κ1) is 21.9. The van der Waals surface area contributed by atoms with Crippen molar-refractivity contribution in [3.05, 3.63) is 90.2 Å². The van der Waals surface area contributed by atoms with Gasteiger partial charge in [-0.15, -0.1) is 0 Å². The van der Waals surface area contributed by atoms with E-state index < -0.39 is 0 Å². The van der Waals surface area contributed by atoms with Gasteiger partial charge in [0.1, 0.15) is 0 Å².